The maximum absolute atomic E-state index is 9.21. The SMILES string of the molecule is CCCN(CCO)c1nc(C)nc2c1CCCC2. The van der Waals surface area contributed by atoms with Crippen LogP contribution in [0.1, 0.15) is 43.3 Å². The zero-order valence-electron chi connectivity index (χ0n) is 11.4. The fourth-order valence-corrected chi connectivity index (χ4v) is 2.67. The summed E-state index contributed by atoms with van der Waals surface area (Å²) in [6, 6.07) is 0. The van der Waals surface area contributed by atoms with Crippen LogP contribution in [0.2, 0.25) is 0 Å². The predicted molar refractivity (Wildman–Crippen MR) is 73.0 cm³/mol. The van der Waals surface area contributed by atoms with Crippen molar-refractivity contribution in [1.29, 1.82) is 0 Å². The molecular weight excluding hydrogens is 226 g/mol. The van der Waals surface area contributed by atoms with Crippen LogP contribution in [0.5, 0.6) is 0 Å². The third-order valence-corrected chi connectivity index (χ3v) is 3.44. The van der Waals surface area contributed by atoms with Crippen LogP contribution in [-0.4, -0.2) is 34.8 Å². The minimum atomic E-state index is 0.178. The third kappa shape index (κ3) is 2.80. The zero-order chi connectivity index (χ0) is 13.0. The van der Waals surface area contributed by atoms with Gasteiger partial charge < -0.3 is 10.0 Å². The van der Waals surface area contributed by atoms with Crippen molar-refractivity contribution in [1.82, 2.24) is 9.97 Å². The number of rotatable bonds is 5. The number of hydrogen-bond acceptors (Lipinski definition) is 4. The van der Waals surface area contributed by atoms with Gasteiger partial charge in [-0.2, -0.15) is 0 Å². The Morgan fingerprint density at radius 1 is 1.17 bits per heavy atom. The summed E-state index contributed by atoms with van der Waals surface area (Å²) < 4.78 is 0. The van der Waals surface area contributed by atoms with Crippen LogP contribution in [-0.2, 0) is 12.8 Å². The van der Waals surface area contributed by atoms with Crippen molar-refractivity contribution in [3.8, 4) is 0 Å². The highest BCUT2D eigenvalue weighted by Gasteiger charge is 2.20. The Balaban J connectivity index is 2.37. The van der Waals surface area contributed by atoms with Crippen molar-refractivity contribution >= 4 is 5.82 Å². The number of aryl methyl sites for hydroxylation is 2. The topological polar surface area (TPSA) is 49.2 Å². The van der Waals surface area contributed by atoms with E-state index < -0.39 is 0 Å². The highest BCUT2D eigenvalue weighted by Crippen LogP contribution is 2.27. The van der Waals surface area contributed by atoms with E-state index in [1.807, 2.05) is 6.92 Å². The van der Waals surface area contributed by atoms with Gasteiger partial charge in [0.2, 0.25) is 0 Å². The molecule has 18 heavy (non-hydrogen) atoms. The second-order valence-corrected chi connectivity index (χ2v) is 4.94. The Labute approximate surface area is 109 Å². The molecular formula is C14H23N3O. The van der Waals surface area contributed by atoms with E-state index in [2.05, 4.69) is 21.8 Å². The van der Waals surface area contributed by atoms with Gasteiger partial charge in [-0.05, 0) is 39.0 Å². The second kappa shape index (κ2) is 6.14. The van der Waals surface area contributed by atoms with Gasteiger partial charge in [-0.15, -0.1) is 0 Å². The molecule has 0 saturated carbocycles. The van der Waals surface area contributed by atoms with Gasteiger partial charge in [0.15, 0.2) is 0 Å². The molecule has 2 rings (SSSR count). The first-order valence-corrected chi connectivity index (χ1v) is 6.98. The lowest BCUT2D eigenvalue weighted by atomic mass is 9.96. The van der Waals surface area contributed by atoms with Crippen molar-refractivity contribution in [2.75, 3.05) is 24.6 Å². The van der Waals surface area contributed by atoms with E-state index in [4.69, 9.17) is 0 Å². The zero-order valence-corrected chi connectivity index (χ0v) is 11.4. The Kier molecular flexibility index (Phi) is 4.53. The summed E-state index contributed by atoms with van der Waals surface area (Å²) >= 11 is 0. The van der Waals surface area contributed by atoms with Crippen LogP contribution in [0.25, 0.3) is 0 Å². The maximum Gasteiger partial charge on any atom is 0.135 e. The number of hydrogen-bond donors (Lipinski definition) is 1. The van der Waals surface area contributed by atoms with Crippen LogP contribution in [0.3, 0.4) is 0 Å². The van der Waals surface area contributed by atoms with Crippen LogP contribution in [0.15, 0.2) is 0 Å². The van der Waals surface area contributed by atoms with E-state index in [1.165, 1.54) is 24.1 Å². The minimum Gasteiger partial charge on any atom is -0.395 e. The average Bonchev–Trinajstić information content (AvgIpc) is 2.37. The Morgan fingerprint density at radius 2 is 1.94 bits per heavy atom. The van der Waals surface area contributed by atoms with E-state index in [-0.39, 0.29) is 6.61 Å². The Bertz CT molecular complexity index is 400. The van der Waals surface area contributed by atoms with Crippen molar-refractivity contribution in [2.45, 2.75) is 46.0 Å². The molecule has 0 unspecified atom stereocenters. The monoisotopic (exact) mass is 249 g/mol. The molecule has 1 aliphatic rings. The van der Waals surface area contributed by atoms with Crippen molar-refractivity contribution in [3.05, 3.63) is 17.1 Å². The number of aromatic nitrogens is 2. The van der Waals surface area contributed by atoms with Gasteiger partial charge in [0, 0.05) is 24.3 Å². The molecule has 1 aromatic rings. The second-order valence-electron chi connectivity index (χ2n) is 4.94. The molecule has 1 N–H and O–H groups in total. The van der Waals surface area contributed by atoms with Crippen molar-refractivity contribution in [2.24, 2.45) is 0 Å². The summed E-state index contributed by atoms with van der Waals surface area (Å²) in [5.41, 5.74) is 2.54. The molecule has 4 heteroatoms. The molecule has 0 aliphatic heterocycles. The molecule has 0 radical (unpaired) electrons. The number of nitrogens with zero attached hydrogens (tertiary/aromatic N) is 3. The van der Waals surface area contributed by atoms with Crippen molar-refractivity contribution < 1.29 is 5.11 Å². The van der Waals surface area contributed by atoms with Gasteiger partial charge in [-0.3, -0.25) is 0 Å². The summed E-state index contributed by atoms with van der Waals surface area (Å²) in [7, 11) is 0. The molecule has 1 heterocycles. The molecule has 100 valence electrons. The largest absolute Gasteiger partial charge is 0.395 e. The van der Waals surface area contributed by atoms with Crippen molar-refractivity contribution in [3.63, 3.8) is 0 Å². The molecule has 1 aliphatic carbocycles. The van der Waals surface area contributed by atoms with Crippen LogP contribution >= 0.6 is 0 Å². The average molecular weight is 249 g/mol. The summed E-state index contributed by atoms with van der Waals surface area (Å²) in [5, 5.41) is 9.21. The highest BCUT2D eigenvalue weighted by atomic mass is 16.3. The maximum atomic E-state index is 9.21. The Morgan fingerprint density at radius 3 is 2.67 bits per heavy atom. The Hall–Kier alpha value is -1.16. The lowest BCUT2D eigenvalue weighted by Gasteiger charge is -2.27. The summed E-state index contributed by atoms with van der Waals surface area (Å²) in [4.78, 5) is 11.4. The van der Waals surface area contributed by atoms with E-state index in [0.717, 1.165) is 37.4 Å². The van der Waals surface area contributed by atoms with Crippen LogP contribution < -0.4 is 4.90 Å². The van der Waals surface area contributed by atoms with Gasteiger partial charge in [-0.1, -0.05) is 6.92 Å². The lowest BCUT2D eigenvalue weighted by Crippen LogP contribution is -2.30. The van der Waals surface area contributed by atoms with Crippen LogP contribution in [0.4, 0.5) is 5.82 Å². The summed E-state index contributed by atoms with van der Waals surface area (Å²) in [6.07, 6.45) is 5.68. The number of aliphatic hydroxyl groups is 1. The van der Waals surface area contributed by atoms with Gasteiger partial charge in [-0.25, -0.2) is 9.97 Å². The minimum absolute atomic E-state index is 0.178. The smallest absolute Gasteiger partial charge is 0.135 e. The molecule has 0 spiro atoms. The standard InChI is InChI=1S/C14H23N3O/c1-3-8-17(9-10-18)14-12-6-4-5-7-13(12)15-11(2)16-14/h18H,3-10H2,1-2H3. The van der Waals surface area contributed by atoms with E-state index in [0.29, 0.717) is 6.54 Å². The van der Waals surface area contributed by atoms with E-state index >= 15 is 0 Å². The highest BCUT2D eigenvalue weighted by molar-refractivity contribution is 5.50. The fourth-order valence-electron chi connectivity index (χ4n) is 2.67. The summed E-state index contributed by atoms with van der Waals surface area (Å²) in [5.74, 6) is 1.91. The van der Waals surface area contributed by atoms with Gasteiger partial charge in [0.1, 0.15) is 11.6 Å². The fraction of sp³-hybridized carbons (Fsp3) is 0.714. The number of aliphatic hydroxyl groups excluding tert-OH is 1. The quantitative estimate of drug-likeness (QED) is 0.865. The van der Waals surface area contributed by atoms with Gasteiger partial charge in [0.05, 0.1) is 6.61 Å². The van der Waals surface area contributed by atoms with Gasteiger partial charge >= 0.3 is 0 Å². The number of fused-ring (bicyclic) bond motifs is 1. The molecule has 0 amide bonds. The van der Waals surface area contributed by atoms with Crippen LogP contribution in [0, 0.1) is 6.92 Å². The first-order chi connectivity index (χ1) is 8.76. The molecule has 4 nitrogen and oxygen atoms in total. The molecule has 0 fully saturated rings. The van der Waals surface area contributed by atoms with Gasteiger partial charge in [0.25, 0.3) is 0 Å². The molecule has 1 aromatic heterocycles. The van der Waals surface area contributed by atoms with E-state index in [9.17, 15) is 5.11 Å². The normalized spacial score (nSPS) is 14.4. The molecule has 0 saturated heterocycles. The lowest BCUT2D eigenvalue weighted by molar-refractivity contribution is 0.301. The van der Waals surface area contributed by atoms with E-state index in [1.54, 1.807) is 0 Å². The molecule has 0 aromatic carbocycles. The first kappa shape index (κ1) is 13.3. The summed E-state index contributed by atoms with van der Waals surface area (Å²) in [6.45, 7) is 5.91. The first-order valence-electron chi connectivity index (χ1n) is 6.98. The molecule has 0 atom stereocenters. The number of anilines is 1. The third-order valence-electron chi connectivity index (χ3n) is 3.44. The molecule has 0 bridgehead atoms. The predicted octanol–water partition coefficient (Wildman–Crippen LogP) is 1.87.